The average Bonchev–Trinajstić information content (AvgIpc) is 2.91. The molecule has 2 heterocycles. The Morgan fingerprint density at radius 3 is 2.64 bits per heavy atom. The topological polar surface area (TPSA) is 22.1 Å². The first-order chi connectivity index (χ1) is 10.1. The summed E-state index contributed by atoms with van der Waals surface area (Å²) in [4.78, 5) is 13.1. The summed E-state index contributed by atoms with van der Waals surface area (Å²) in [5.74, 6) is 1.75. The van der Waals surface area contributed by atoms with Gasteiger partial charge in [-0.2, -0.15) is 0 Å². The zero-order valence-corrected chi connectivity index (χ0v) is 17.3. The van der Waals surface area contributed by atoms with Crippen molar-refractivity contribution in [2.75, 3.05) is 47.8 Å². The van der Waals surface area contributed by atoms with Crippen LogP contribution in [0.3, 0.4) is 0 Å². The summed E-state index contributed by atoms with van der Waals surface area (Å²) in [5, 5.41) is 2.17. The summed E-state index contributed by atoms with van der Waals surface area (Å²) in [5.41, 5.74) is 0. The van der Waals surface area contributed by atoms with Crippen molar-refractivity contribution >= 4 is 41.3 Å². The Morgan fingerprint density at radius 1 is 1.32 bits per heavy atom. The van der Waals surface area contributed by atoms with Gasteiger partial charge in [0.25, 0.3) is 0 Å². The fraction of sp³-hybridized carbons (Fsp3) is 0.688. The lowest BCUT2D eigenvalue weighted by atomic mass is 9.98. The Bertz CT molecular complexity index is 435. The highest BCUT2D eigenvalue weighted by molar-refractivity contribution is 14.0. The highest BCUT2D eigenvalue weighted by Gasteiger charge is 2.20. The van der Waals surface area contributed by atoms with Crippen LogP contribution in [0.15, 0.2) is 22.5 Å². The highest BCUT2D eigenvalue weighted by atomic mass is 127. The molecule has 22 heavy (non-hydrogen) atoms. The molecule has 4 nitrogen and oxygen atoms in total. The van der Waals surface area contributed by atoms with E-state index in [1.165, 1.54) is 30.8 Å². The Balaban J connectivity index is 0.00000242. The summed E-state index contributed by atoms with van der Waals surface area (Å²) in [7, 11) is 8.23. The summed E-state index contributed by atoms with van der Waals surface area (Å²) in [6.45, 7) is 4.45. The zero-order chi connectivity index (χ0) is 15.2. The molecule has 0 bridgehead atoms. The van der Waals surface area contributed by atoms with Gasteiger partial charge < -0.3 is 9.80 Å². The number of aliphatic imine (C=N–C) groups is 1. The molecule has 0 spiro atoms. The van der Waals surface area contributed by atoms with Crippen molar-refractivity contribution in [3.05, 3.63) is 22.4 Å². The number of piperidine rings is 1. The monoisotopic (exact) mass is 436 g/mol. The number of rotatable bonds is 4. The Kier molecular flexibility index (Phi) is 8.71. The van der Waals surface area contributed by atoms with Crippen LogP contribution in [0.4, 0.5) is 0 Å². The Labute approximate surface area is 156 Å². The van der Waals surface area contributed by atoms with Gasteiger partial charge in [0.05, 0.1) is 0 Å². The van der Waals surface area contributed by atoms with Crippen LogP contribution < -0.4 is 0 Å². The molecular weight excluding hydrogens is 407 g/mol. The van der Waals surface area contributed by atoms with Crippen molar-refractivity contribution in [3.8, 4) is 0 Å². The van der Waals surface area contributed by atoms with E-state index in [1.807, 2.05) is 11.3 Å². The predicted octanol–water partition coefficient (Wildman–Crippen LogP) is 3.06. The highest BCUT2D eigenvalue weighted by Crippen LogP contribution is 2.20. The lowest BCUT2D eigenvalue weighted by molar-refractivity contribution is 0.172. The largest absolute Gasteiger partial charge is 0.349 e. The maximum Gasteiger partial charge on any atom is 0.195 e. The Hall–Kier alpha value is -0.340. The summed E-state index contributed by atoms with van der Waals surface area (Å²) >= 11 is 1.86. The minimum Gasteiger partial charge on any atom is -0.349 e. The van der Waals surface area contributed by atoms with Crippen LogP contribution in [0.25, 0.3) is 0 Å². The van der Waals surface area contributed by atoms with Crippen LogP contribution >= 0.6 is 35.3 Å². The molecule has 126 valence electrons. The van der Waals surface area contributed by atoms with E-state index in [0.29, 0.717) is 5.92 Å². The van der Waals surface area contributed by atoms with Crippen LogP contribution in [0.2, 0.25) is 0 Å². The van der Waals surface area contributed by atoms with Gasteiger partial charge in [-0.05, 0) is 36.8 Å². The standard InChI is InChI=1S/C16H28N4S.HI/c1-18(2)16(19(3)4)17-11-14-7-5-9-20(12-14)13-15-8-6-10-21-15;/h6,8,10,14H,5,7,9,11-13H2,1-4H3;1H. The quantitative estimate of drug-likeness (QED) is 0.412. The molecule has 6 heteroatoms. The molecule has 0 radical (unpaired) electrons. The molecule has 0 saturated carbocycles. The third kappa shape index (κ3) is 6.04. The fourth-order valence-corrected chi connectivity index (χ4v) is 3.71. The first kappa shape index (κ1) is 19.7. The number of hydrogen-bond donors (Lipinski definition) is 0. The molecule has 0 N–H and O–H groups in total. The van der Waals surface area contributed by atoms with Gasteiger partial charge in [0.2, 0.25) is 0 Å². The van der Waals surface area contributed by atoms with Gasteiger partial charge in [0.15, 0.2) is 5.96 Å². The molecule has 0 aliphatic carbocycles. The number of nitrogens with zero attached hydrogens (tertiary/aromatic N) is 4. The number of likely N-dealkylation sites (tertiary alicyclic amines) is 1. The van der Waals surface area contributed by atoms with Crippen molar-refractivity contribution < 1.29 is 0 Å². The second kappa shape index (κ2) is 9.72. The van der Waals surface area contributed by atoms with E-state index in [0.717, 1.165) is 19.0 Å². The smallest absolute Gasteiger partial charge is 0.195 e. The average molecular weight is 436 g/mol. The maximum atomic E-state index is 4.82. The van der Waals surface area contributed by atoms with Crippen molar-refractivity contribution in [2.45, 2.75) is 19.4 Å². The van der Waals surface area contributed by atoms with E-state index < -0.39 is 0 Å². The van der Waals surface area contributed by atoms with Gasteiger partial charge in [0, 0.05) is 52.7 Å². The van der Waals surface area contributed by atoms with E-state index in [1.54, 1.807) is 0 Å². The molecule has 1 aliphatic heterocycles. The molecule has 1 aliphatic rings. The van der Waals surface area contributed by atoms with Crippen molar-refractivity contribution in [1.29, 1.82) is 0 Å². The van der Waals surface area contributed by atoms with Crippen LogP contribution in [0.1, 0.15) is 17.7 Å². The Morgan fingerprint density at radius 2 is 2.05 bits per heavy atom. The van der Waals surface area contributed by atoms with Gasteiger partial charge in [-0.3, -0.25) is 9.89 Å². The van der Waals surface area contributed by atoms with E-state index in [9.17, 15) is 0 Å². The molecule has 1 aromatic heterocycles. The molecule has 1 unspecified atom stereocenters. The number of hydrogen-bond acceptors (Lipinski definition) is 3. The maximum absolute atomic E-state index is 4.82. The summed E-state index contributed by atoms with van der Waals surface area (Å²) in [6.07, 6.45) is 2.60. The van der Waals surface area contributed by atoms with Gasteiger partial charge in [-0.1, -0.05) is 6.07 Å². The molecule has 1 atom stereocenters. The summed E-state index contributed by atoms with van der Waals surface area (Å²) in [6, 6.07) is 4.38. The minimum atomic E-state index is 0. The van der Waals surface area contributed by atoms with Crippen molar-refractivity contribution in [1.82, 2.24) is 14.7 Å². The zero-order valence-electron chi connectivity index (χ0n) is 14.2. The van der Waals surface area contributed by atoms with E-state index in [2.05, 4.69) is 60.4 Å². The van der Waals surface area contributed by atoms with Gasteiger partial charge in [-0.15, -0.1) is 35.3 Å². The third-order valence-electron chi connectivity index (χ3n) is 3.85. The molecular formula is C16H29IN4S. The third-order valence-corrected chi connectivity index (χ3v) is 4.71. The van der Waals surface area contributed by atoms with Crippen molar-refractivity contribution in [2.24, 2.45) is 10.9 Å². The van der Waals surface area contributed by atoms with Gasteiger partial charge in [-0.25, -0.2) is 0 Å². The lowest BCUT2D eigenvalue weighted by Gasteiger charge is -2.32. The van der Waals surface area contributed by atoms with E-state index in [-0.39, 0.29) is 24.0 Å². The molecule has 1 aromatic rings. The number of thiophene rings is 1. The van der Waals surface area contributed by atoms with Crippen LogP contribution in [-0.2, 0) is 6.54 Å². The molecule has 0 amide bonds. The fourth-order valence-electron chi connectivity index (χ4n) is 2.96. The molecule has 2 rings (SSSR count). The van der Waals surface area contributed by atoms with Gasteiger partial charge in [0.1, 0.15) is 0 Å². The second-order valence-electron chi connectivity index (χ2n) is 6.25. The van der Waals surface area contributed by atoms with Crippen LogP contribution in [0.5, 0.6) is 0 Å². The molecule has 1 saturated heterocycles. The molecule has 1 fully saturated rings. The number of halogens is 1. The predicted molar refractivity (Wildman–Crippen MR) is 107 cm³/mol. The normalized spacial score (nSPS) is 18.5. The minimum absolute atomic E-state index is 0. The number of guanidine groups is 1. The first-order valence-electron chi connectivity index (χ1n) is 7.70. The van der Waals surface area contributed by atoms with E-state index in [4.69, 9.17) is 4.99 Å². The van der Waals surface area contributed by atoms with Crippen LogP contribution in [-0.4, -0.2) is 68.5 Å². The lowest BCUT2D eigenvalue weighted by Crippen LogP contribution is -2.38. The van der Waals surface area contributed by atoms with E-state index >= 15 is 0 Å². The van der Waals surface area contributed by atoms with Gasteiger partial charge >= 0.3 is 0 Å². The first-order valence-corrected chi connectivity index (χ1v) is 8.58. The molecule has 0 aromatic carbocycles. The summed E-state index contributed by atoms with van der Waals surface area (Å²) < 4.78 is 0. The second-order valence-corrected chi connectivity index (χ2v) is 7.28. The SMILES string of the molecule is CN(C)C(=NCC1CCCN(Cc2cccs2)C1)N(C)C.I. The van der Waals surface area contributed by atoms with Crippen LogP contribution in [0, 0.1) is 5.92 Å². The van der Waals surface area contributed by atoms with Crippen molar-refractivity contribution in [3.63, 3.8) is 0 Å².